The van der Waals surface area contributed by atoms with Crippen LogP contribution < -0.4 is 5.32 Å². The van der Waals surface area contributed by atoms with E-state index in [2.05, 4.69) is 15.4 Å². The van der Waals surface area contributed by atoms with Crippen molar-refractivity contribution in [1.82, 2.24) is 14.8 Å². The average Bonchev–Trinajstić information content (AvgIpc) is 2.85. The lowest BCUT2D eigenvalue weighted by atomic mass is 10.1. The van der Waals surface area contributed by atoms with Gasteiger partial charge in [-0.05, 0) is 44.5 Å². The zero-order valence-corrected chi connectivity index (χ0v) is 14.5. The van der Waals surface area contributed by atoms with Gasteiger partial charge in [0, 0.05) is 16.9 Å². The van der Waals surface area contributed by atoms with E-state index in [1.807, 2.05) is 0 Å². The fourth-order valence-corrected chi connectivity index (χ4v) is 2.81. The van der Waals surface area contributed by atoms with Crippen LogP contribution in [0.5, 0.6) is 0 Å². The smallest absolute Gasteiger partial charge is 0.264 e. The lowest BCUT2D eigenvalue weighted by Crippen LogP contribution is -2.20. The number of aryl methyl sites for hydroxylation is 3. The fourth-order valence-electron chi connectivity index (χ4n) is 2.81. The first-order chi connectivity index (χ1) is 12.3. The molecule has 2 aromatic heterocycles. The van der Waals surface area contributed by atoms with Crippen molar-refractivity contribution in [2.24, 2.45) is 0 Å². The van der Waals surface area contributed by atoms with E-state index < -0.39 is 18.1 Å². The summed E-state index contributed by atoms with van der Waals surface area (Å²) in [5, 5.41) is 6.99. The molecule has 2 heterocycles. The third-order valence-electron chi connectivity index (χ3n) is 4.02. The molecule has 26 heavy (non-hydrogen) atoms. The number of carbonyl (C=O) groups excluding carboxylic acids is 1. The second-order valence-electron chi connectivity index (χ2n) is 6.11. The van der Waals surface area contributed by atoms with E-state index in [9.17, 15) is 18.0 Å². The molecule has 0 saturated heterocycles. The highest BCUT2D eigenvalue weighted by molar-refractivity contribution is 5.92. The molecule has 1 N–H and O–H groups in total. The van der Waals surface area contributed by atoms with Crippen molar-refractivity contribution in [1.29, 1.82) is 0 Å². The number of hydrogen-bond acceptors (Lipinski definition) is 3. The Kier molecular flexibility index (Phi) is 4.67. The zero-order valence-electron chi connectivity index (χ0n) is 14.5. The Balaban J connectivity index is 1.91. The molecular formula is C18H17F3N4O. The highest BCUT2D eigenvalue weighted by Crippen LogP contribution is 2.29. The molecular weight excluding hydrogens is 345 g/mol. The van der Waals surface area contributed by atoms with Gasteiger partial charge in [-0.2, -0.15) is 5.10 Å². The summed E-state index contributed by atoms with van der Waals surface area (Å²) < 4.78 is 41.5. The molecule has 0 atom stereocenters. The Morgan fingerprint density at radius 2 is 1.96 bits per heavy atom. The number of benzene rings is 1. The van der Waals surface area contributed by atoms with Gasteiger partial charge >= 0.3 is 0 Å². The first kappa shape index (κ1) is 17.9. The minimum atomic E-state index is -2.67. The third-order valence-corrected chi connectivity index (χ3v) is 4.02. The highest BCUT2D eigenvalue weighted by atomic mass is 19.3. The maximum atomic E-state index is 13.6. The number of nitrogens with one attached hydrogen (secondary N) is 1. The molecule has 136 valence electrons. The topological polar surface area (TPSA) is 59.8 Å². The summed E-state index contributed by atoms with van der Waals surface area (Å²) in [7, 11) is 0. The summed E-state index contributed by atoms with van der Waals surface area (Å²) in [4.78, 5) is 16.5. The largest absolute Gasteiger partial charge is 0.324 e. The standard InChI is InChI=1S/C18H17F3N4O/c1-9-4-5-12(7-14(9)19)23-15(26)8-25-18-16(11(3)24-25)13(17(20)21)6-10(2)22-18/h4-7,17H,8H2,1-3H3,(H,23,26). The Labute approximate surface area is 147 Å². The summed E-state index contributed by atoms with van der Waals surface area (Å²) in [6, 6.07) is 5.68. The van der Waals surface area contributed by atoms with Crippen LogP contribution in [0.4, 0.5) is 18.9 Å². The minimum absolute atomic E-state index is 0.155. The van der Waals surface area contributed by atoms with E-state index in [0.717, 1.165) is 0 Å². The number of carbonyl (C=O) groups is 1. The number of pyridine rings is 1. The van der Waals surface area contributed by atoms with Gasteiger partial charge in [0.05, 0.1) is 11.1 Å². The first-order valence-corrected chi connectivity index (χ1v) is 7.95. The summed E-state index contributed by atoms with van der Waals surface area (Å²) in [5.74, 6) is -0.887. The highest BCUT2D eigenvalue weighted by Gasteiger charge is 2.20. The van der Waals surface area contributed by atoms with Crippen molar-refractivity contribution in [3.63, 3.8) is 0 Å². The minimum Gasteiger partial charge on any atom is -0.324 e. The Morgan fingerprint density at radius 3 is 2.62 bits per heavy atom. The number of aromatic nitrogens is 3. The number of anilines is 1. The summed E-state index contributed by atoms with van der Waals surface area (Å²) in [5.41, 5.74) is 1.63. The summed E-state index contributed by atoms with van der Waals surface area (Å²) in [6.07, 6.45) is -2.67. The molecule has 5 nitrogen and oxygen atoms in total. The maximum Gasteiger partial charge on any atom is 0.264 e. The second kappa shape index (κ2) is 6.78. The van der Waals surface area contributed by atoms with Crippen LogP contribution in [0.25, 0.3) is 11.0 Å². The molecule has 0 bridgehead atoms. The zero-order chi connectivity index (χ0) is 19.0. The molecule has 0 unspecified atom stereocenters. The molecule has 0 radical (unpaired) electrons. The molecule has 0 aliphatic carbocycles. The van der Waals surface area contributed by atoms with Crippen LogP contribution in [0.3, 0.4) is 0 Å². The quantitative estimate of drug-likeness (QED) is 0.761. The van der Waals surface area contributed by atoms with Gasteiger partial charge < -0.3 is 5.32 Å². The van der Waals surface area contributed by atoms with Gasteiger partial charge in [0.15, 0.2) is 5.65 Å². The second-order valence-corrected chi connectivity index (χ2v) is 6.11. The van der Waals surface area contributed by atoms with E-state index in [0.29, 0.717) is 22.6 Å². The van der Waals surface area contributed by atoms with Gasteiger partial charge in [0.25, 0.3) is 6.43 Å². The summed E-state index contributed by atoms with van der Waals surface area (Å²) in [6.45, 7) is 4.59. The lowest BCUT2D eigenvalue weighted by molar-refractivity contribution is -0.116. The molecule has 0 fully saturated rings. The van der Waals surface area contributed by atoms with E-state index >= 15 is 0 Å². The van der Waals surface area contributed by atoms with Crippen LogP contribution in [0.1, 0.15) is 28.9 Å². The normalized spacial score (nSPS) is 11.3. The first-order valence-electron chi connectivity index (χ1n) is 7.95. The van der Waals surface area contributed by atoms with Gasteiger partial charge in [-0.3, -0.25) is 4.79 Å². The van der Waals surface area contributed by atoms with Gasteiger partial charge in [-0.25, -0.2) is 22.8 Å². The lowest BCUT2D eigenvalue weighted by Gasteiger charge is -2.08. The van der Waals surface area contributed by atoms with Crippen molar-refractivity contribution in [2.75, 3.05) is 5.32 Å². The average molecular weight is 362 g/mol. The number of halogens is 3. The monoisotopic (exact) mass is 362 g/mol. The fraction of sp³-hybridized carbons (Fsp3) is 0.278. The van der Waals surface area contributed by atoms with E-state index in [4.69, 9.17) is 0 Å². The van der Waals surface area contributed by atoms with Crippen LogP contribution >= 0.6 is 0 Å². The van der Waals surface area contributed by atoms with Gasteiger partial charge in [-0.1, -0.05) is 6.07 Å². The third kappa shape index (κ3) is 3.40. The molecule has 3 aromatic rings. The molecule has 3 rings (SSSR count). The van der Waals surface area contributed by atoms with Crippen molar-refractivity contribution in [2.45, 2.75) is 33.7 Å². The van der Waals surface area contributed by atoms with Gasteiger partial charge in [0.2, 0.25) is 5.91 Å². The van der Waals surface area contributed by atoms with Crippen LogP contribution in [0, 0.1) is 26.6 Å². The van der Waals surface area contributed by atoms with Gasteiger partial charge in [0.1, 0.15) is 12.4 Å². The van der Waals surface area contributed by atoms with E-state index in [1.54, 1.807) is 32.9 Å². The van der Waals surface area contributed by atoms with Crippen molar-refractivity contribution in [3.8, 4) is 0 Å². The van der Waals surface area contributed by atoms with Crippen molar-refractivity contribution in [3.05, 3.63) is 52.6 Å². The van der Waals surface area contributed by atoms with E-state index in [-0.39, 0.29) is 23.1 Å². The molecule has 1 amide bonds. The predicted molar refractivity (Wildman–Crippen MR) is 91.7 cm³/mol. The van der Waals surface area contributed by atoms with Crippen molar-refractivity contribution < 1.29 is 18.0 Å². The molecule has 8 heteroatoms. The number of rotatable bonds is 4. The number of nitrogens with zero attached hydrogens (tertiary/aromatic N) is 3. The van der Waals surface area contributed by atoms with Crippen LogP contribution in [0.15, 0.2) is 24.3 Å². The molecule has 0 aliphatic heterocycles. The van der Waals surface area contributed by atoms with Crippen LogP contribution in [-0.2, 0) is 11.3 Å². The van der Waals surface area contributed by atoms with E-state index in [1.165, 1.54) is 16.8 Å². The van der Waals surface area contributed by atoms with Gasteiger partial charge in [-0.15, -0.1) is 0 Å². The number of hydrogen-bond donors (Lipinski definition) is 1. The Morgan fingerprint density at radius 1 is 1.23 bits per heavy atom. The SMILES string of the molecule is Cc1cc(C(F)F)c2c(C)nn(CC(=O)Nc3ccc(C)c(F)c3)c2n1. The Bertz CT molecular complexity index is 998. The summed E-state index contributed by atoms with van der Waals surface area (Å²) >= 11 is 0. The maximum absolute atomic E-state index is 13.6. The number of amides is 1. The number of fused-ring (bicyclic) bond motifs is 1. The van der Waals surface area contributed by atoms with Crippen LogP contribution in [0.2, 0.25) is 0 Å². The molecule has 0 saturated carbocycles. The number of alkyl halides is 2. The van der Waals surface area contributed by atoms with Crippen molar-refractivity contribution >= 4 is 22.6 Å². The Hall–Kier alpha value is -2.90. The van der Waals surface area contributed by atoms with Crippen LogP contribution in [-0.4, -0.2) is 20.7 Å². The predicted octanol–water partition coefficient (Wildman–Crippen LogP) is 4.07. The molecule has 0 spiro atoms. The molecule has 1 aromatic carbocycles. The molecule has 0 aliphatic rings.